The predicted molar refractivity (Wildman–Crippen MR) is 80.2 cm³/mol. The Morgan fingerprint density at radius 1 is 1.00 bits per heavy atom. The van der Waals surface area contributed by atoms with E-state index in [1.807, 2.05) is 24.3 Å². The molecule has 21 heavy (non-hydrogen) atoms. The normalized spacial score (nSPS) is 13.3. The zero-order chi connectivity index (χ0) is 14.2. The van der Waals surface area contributed by atoms with Crippen molar-refractivity contribution in [2.24, 2.45) is 10.2 Å². The minimum Gasteiger partial charge on any atom is -0.504 e. The smallest absolute Gasteiger partial charge is 0.231 e. The van der Waals surface area contributed by atoms with Gasteiger partial charge >= 0.3 is 0 Å². The third-order valence-electron chi connectivity index (χ3n) is 3.16. The second-order valence-corrected chi connectivity index (χ2v) is 5.52. The largest absolute Gasteiger partial charge is 0.504 e. The Hall–Kier alpha value is -2.60. The first-order valence-electron chi connectivity index (χ1n) is 6.33. The lowest BCUT2D eigenvalue weighted by Crippen LogP contribution is -1.92. The van der Waals surface area contributed by atoms with Crippen molar-refractivity contribution in [3.05, 3.63) is 42.5 Å². The van der Waals surface area contributed by atoms with E-state index in [9.17, 15) is 5.11 Å². The molecular weight excluding hydrogens is 288 g/mol. The summed E-state index contributed by atoms with van der Waals surface area (Å²) in [6, 6.07) is 13.0. The van der Waals surface area contributed by atoms with E-state index in [0.29, 0.717) is 22.2 Å². The van der Waals surface area contributed by atoms with Crippen LogP contribution in [0.1, 0.15) is 0 Å². The molecule has 2 heterocycles. The van der Waals surface area contributed by atoms with Gasteiger partial charge in [0, 0.05) is 16.2 Å². The quantitative estimate of drug-likeness (QED) is 0.694. The molecule has 0 unspecified atom stereocenters. The monoisotopic (exact) mass is 298 g/mol. The van der Waals surface area contributed by atoms with Crippen molar-refractivity contribution < 1.29 is 14.6 Å². The van der Waals surface area contributed by atoms with Crippen molar-refractivity contribution in [2.45, 2.75) is 0 Å². The highest BCUT2D eigenvalue weighted by atomic mass is 32.1. The highest BCUT2D eigenvalue weighted by Crippen LogP contribution is 2.44. The third kappa shape index (κ3) is 2.09. The van der Waals surface area contributed by atoms with Crippen LogP contribution < -0.4 is 9.47 Å². The first-order valence-corrected chi connectivity index (χ1v) is 7.15. The second-order valence-electron chi connectivity index (χ2n) is 4.49. The molecule has 0 aliphatic carbocycles. The molecule has 4 rings (SSSR count). The molecule has 0 saturated carbocycles. The maximum Gasteiger partial charge on any atom is 0.231 e. The van der Waals surface area contributed by atoms with Gasteiger partial charge in [0.25, 0.3) is 0 Å². The number of fused-ring (bicyclic) bond motifs is 2. The minimum absolute atomic E-state index is 0.167. The van der Waals surface area contributed by atoms with Crippen LogP contribution in [-0.4, -0.2) is 11.9 Å². The Morgan fingerprint density at radius 2 is 1.86 bits per heavy atom. The topological polar surface area (TPSA) is 63.4 Å². The number of hydrogen-bond donors (Lipinski definition) is 1. The van der Waals surface area contributed by atoms with Gasteiger partial charge in [-0.15, -0.1) is 21.6 Å². The maximum atomic E-state index is 10.1. The lowest BCUT2D eigenvalue weighted by molar-refractivity contribution is 0.174. The maximum absolute atomic E-state index is 10.1. The van der Waals surface area contributed by atoms with E-state index in [2.05, 4.69) is 10.2 Å². The second kappa shape index (κ2) is 4.75. The van der Waals surface area contributed by atoms with Gasteiger partial charge in [-0.1, -0.05) is 12.1 Å². The molecule has 3 aromatic rings. The fourth-order valence-corrected chi connectivity index (χ4v) is 3.06. The van der Waals surface area contributed by atoms with Gasteiger partial charge in [-0.25, -0.2) is 0 Å². The van der Waals surface area contributed by atoms with E-state index in [4.69, 9.17) is 9.47 Å². The van der Waals surface area contributed by atoms with Crippen LogP contribution in [0.5, 0.6) is 17.2 Å². The summed E-state index contributed by atoms with van der Waals surface area (Å²) in [6.45, 7) is 0.229. The number of azo groups is 1. The lowest BCUT2D eigenvalue weighted by atomic mass is 10.2. The van der Waals surface area contributed by atoms with Crippen LogP contribution in [0, 0.1) is 0 Å². The van der Waals surface area contributed by atoms with Crippen LogP contribution in [0.3, 0.4) is 0 Å². The van der Waals surface area contributed by atoms with Crippen molar-refractivity contribution in [1.82, 2.24) is 0 Å². The van der Waals surface area contributed by atoms with E-state index in [-0.39, 0.29) is 12.5 Å². The van der Waals surface area contributed by atoms with Gasteiger partial charge in [0.1, 0.15) is 0 Å². The summed E-state index contributed by atoms with van der Waals surface area (Å²) in [7, 11) is 0. The molecule has 2 aromatic carbocycles. The molecule has 1 aliphatic rings. The summed E-state index contributed by atoms with van der Waals surface area (Å²) in [6.07, 6.45) is 0. The first-order chi connectivity index (χ1) is 10.3. The summed E-state index contributed by atoms with van der Waals surface area (Å²) in [5.41, 5.74) is 0.649. The first kappa shape index (κ1) is 12.2. The lowest BCUT2D eigenvalue weighted by Gasteiger charge is -1.96. The highest BCUT2D eigenvalue weighted by molar-refractivity contribution is 7.23. The van der Waals surface area contributed by atoms with Gasteiger partial charge in [-0.2, -0.15) is 0 Å². The summed E-state index contributed by atoms with van der Waals surface area (Å²) in [4.78, 5) is 0. The summed E-state index contributed by atoms with van der Waals surface area (Å²) < 4.78 is 11.5. The van der Waals surface area contributed by atoms with Crippen LogP contribution in [0.15, 0.2) is 52.7 Å². The zero-order valence-corrected chi connectivity index (χ0v) is 11.6. The number of aromatic hydroxyl groups is 1. The van der Waals surface area contributed by atoms with Gasteiger partial charge in [0.05, 0.1) is 5.69 Å². The summed E-state index contributed by atoms with van der Waals surface area (Å²) in [5, 5.41) is 19.7. The molecule has 0 saturated heterocycles. The van der Waals surface area contributed by atoms with E-state index in [0.717, 1.165) is 10.1 Å². The van der Waals surface area contributed by atoms with Crippen molar-refractivity contribution in [1.29, 1.82) is 0 Å². The van der Waals surface area contributed by atoms with Gasteiger partial charge < -0.3 is 14.6 Å². The highest BCUT2D eigenvalue weighted by Gasteiger charge is 2.13. The van der Waals surface area contributed by atoms with Gasteiger partial charge in [0.15, 0.2) is 22.2 Å². The fraction of sp³-hybridized carbons (Fsp3) is 0.0667. The van der Waals surface area contributed by atoms with Crippen molar-refractivity contribution >= 4 is 32.1 Å². The Labute approximate surface area is 124 Å². The Kier molecular flexibility index (Phi) is 2.75. The standard InChI is InChI=1S/C15H10N2O3S/c18-14-10-3-1-2-4-13(10)21-15(14)17-16-9-5-6-11-12(7-9)20-8-19-11/h1-7,18H,8H2. The molecular formula is C15H10N2O3S. The molecule has 0 fully saturated rings. The van der Waals surface area contributed by atoms with Crippen LogP contribution in [0.2, 0.25) is 0 Å². The zero-order valence-electron chi connectivity index (χ0n) is 10.8. The van der Waals surface area contributed by atoms with Gasteiger partial charge in [-0.05, 0) is 24.3 Å². The molecule has 104 valence electrons. The SMILES string of the molecule is Oc1c(N=Nc2ccc3c(c2)OCO3)sc2ccccc12. The Bertz CT molecular complexity index is 857. The molecule has 0 bridgehead atoms. The van der Waals surface area contributed by atoms with Gasteiger partial charge in [0.2, 0.25) is 6.79 Å². The van der Waals surface area contributed by atoms with E-state index < -0.39 is 0 Å². The molecule has 1 aromatic heterocycles. The average Bonchev–Trinajstić information content (AvgIpc) is 3.10. The average molecular weight is 298 g/mol. The molecule has 1 N–H and O–H groups in total. The number of nitrogens with zero attached hydrogens (tertiary/aromatic N) is 2. The molecule has 0 radical (unpaired) electrons. The van der Waals surface area contributed by atoms with Crippen LogP contribution in [-0.2, 0) is 0 Å². The van der Waals surface area contributed by atoms with Crippen LogP contribution in [0.25, 0.3) is 10.1 Å². The molecule has 5 nitrogen and oxygen atoms in total. The molecule has 0 atom stereocenters. The number of rotatable bonds is 2. The van der Waals surface area contributed by atoms with Crippen LogP contribution >= 0.6 is 11.3 Å². The van der Waals surface area contributed by atoms with Crippen molar-refractivity contribution in [3.8, 4) is 17.2 Å². The Morgan fingerprint density at radius 3 is 2.76 bits per heavy atom. The number of thiophene rings is 1. The Balaban J connectivity index is 1.69. The fourth-order valence-electron chi connectivity index (χ4n) is 2.14. The number of hydrogen-bond acceptors (Lipinski definition) is 6. The summed E-state index contributed by atoms with van der Waals surface area (Å²) >= 11 is 1.40. The van der Waals surface area contributed by atoms with E-state index in [1.165, 1.54) is 11.3 Å². The van der Waals surface area contributed by atoms with E-state index in [1.54, 1.807) is 18.2 Å². The molecule has 1 aliphatic heterocycles. The summed E-state index contributed by atoms with van der Waals surface area (Å²) in [5.74, 6) is 1.53. The molecule has 6 heteroatoms. The van der Waals surface area contributed by atoms with Gasteiger partial charge in [-0.3, -0.25) is 0 Å². The van der Waals surface area contributed by atoms with Crippen LogP contribution in [0.4, 0.5) is 10.7 Å². The minimum atomic E-state index is 0.167. The number of ether oxygens (including phenoxy) is 2. The number of benzene rings is 2. The third-order valence-corrected chi connectivity index (χ3v) is 4.21. The van der Waals surface area contributed by atoms with Crippen molar-refractivity contribution in [2.75, 3.05) is 6.79 Å². The molecule has 0 spiro atoms. The predicted octanol–water partition coefficient (Wildman–Crippen LogP) is 4.75. The van der Waals surface area contributed by atoms with Crippen molar-refractivity contribution in [3.63, 3.8) is 0 Å². The molecule has 0 amide bonds. The van der Waals surface area contributed by atoms with E-state index >= 15 is 0 Å².